The molecule has 18 heavy (non-hydrogen) atoms. The van der Waals surface area contributed by atoms with Gasteiger partial charge in [-0.25, -0.2) is 9.97 Å². The molecule has 0 saturated carbocycles. The summed E-state index contributed by atoms with van der Waals surface area (Å²) in [5.41, 5.74) is 1.71. The molecule has 0 aromatic carbocycles. The van der Waals surface area contributed by atoms with Gasteiger partial charge in [0.25, 0.3) is 0 Å². The summed E-state index contributed by atoms with van der Waals surface area (Å²) in [4.78, 5) is 9.68. The van der Waals surface area contributed by atoms with Crippen molar-refractivity contribution in [2.75, 3.05) is 5.32 Å². The van der Waals surface area contributed by atoms with Gasteiger partial charge < -0.3 is 5.32 Å². The number of nitrogens with zero attached hydrogens (tertiary/aromatic N) is 3. The maximum Gasteiger partial charge on any atom is 0.182 e. The van der Waals surface area contributed by atoms with Crippen molar-refractivity contribution in [3.63, 3.8) is 0 Å². The van der Waals surface area contributed by atoms with E-state index in [4.69, 9.17) is 5.26 Å². The number of aromatic nitrogens is 2. The maximum absolute atomic E-state index is 9.01. The zero-order valence-corrected chi connectivity index (χ0v) is 10.6. The lowest BCUT2D eigenvalue weighted by Crippen LogP contribution is -2.17. The number of anilines is 1. The van der Waals surface area contributed by atoms with Crippen molar-refractivity contribution < 1.29 is 0 Å². The Kier molecular flexibility index (Phi) is 2.95. The van der Waals surface area contributed by atoms with Crippen molar-refractivity contribution in [2.24, 2.45) is 0 Å². The van der Waals surface area contributed by atoms with E-state index in [1.807, 2.05) is 11.3 Å². The van der Waals surface area contributed by atoms with Crippen LogP contribution in [0.4, 0.5) is 5.82 Å². The third kappa shape index (κ3) is 1.95. The van der Waals surface area contributed by atoms with Gasteiger partial charge in [0.1, 0.15) is 6.07 Å². The largest absolute Gasteiger partial charge is 0.361 e. The lowest BCUT2D eigenvalue weighted by atomic mass is 9.94. The first kappa shape index (κ1) is 11.2. The van der Waals surface area contributed by atoms with Crippen LogP contribution in [0.1, 0.15) is 35.0 Å². The van der Waals surface area contributed by atoms with Gasteiger partial charge in [0, 0.05) is 17.3 Å². The first-order valence-corrected chi connectivity index (χ1v) is 6.80. The second-order valence-electron chi connectivity index (χ2n) is 4.25. The SMILES string of the molecule is N#Cc1nccnc1NC1CCCc2sccc21. The van der Waals surface area contributed by atoms with Crippen LogP contribution in [0.15, 0.2) is 23.8 Å². The highest BCUT2D eigenvalue weighted by Gasteiger charge is 2.22. The summed E-state index contributed by atoms with van der Waals surface area (Å²) in [6.45, 7) is 0. The van der Waals surface area contributed by atoms with Gasteiger partial charge in [0.2, 0.25) is 0 Å². The number of nitriles is 1. The third-order valence-electron chi connectivity index (χ3n) is 3.17. The van der Waals surface area contributed by atoms with Crippen molar-refractivity contribution in [1.29, 1.82) is 5.26 Å². The Bertz CT molecular complexity index is 599. The van der Waals surface area contributed by atoms with Crippen LogP contribution in [-0.4, -0.2) is 9.97 Å². The molecule has 3 rings (SSSR count). The van der Waals surface area contributed by atoms with E-state index in [9.17, 15) is 0 Å². The Labute approximate surface area is 109 Å². The standard InChI is InChI=1S/C13H12N4S/c14-8-11-13(16-6-5-15-11)17-10-2-1-3-12-9(10)4-7-18-12/h4-7,10H,1-3H2,(H,16,17). The second-order valence-corrected chi connectivity index (χ2v) is 5.25. The second kappa shape index (κ2) is 4.75. The predicted octanol–water partition coefficient (Wildman–Crippen LogP) is 2.90. The van der Waals surface area contributed by atoms with E-state index in [1.54, 1.807) is 12.4 Å². The van der Waals surface area contributed by atoms with Crippen molar-refractivity contribution >= 4 is 17.2 Å². The first-order valence-electron chi connectivity index (χ1n) is 5.92. The average molecular weight is 256 g/mol. The lowest BCUT2D eigenvalue weighted by molar-refractivity contribution is 0.606. The van der Waals surface area contributed by atoms with Crippen LogP contribution < -0.4 is 5.32 Å². The maximum atomic E-state index is 9.01. The molecule has 2 aromatic heterocycles. The molecule has 4 nitrogen and oxygen atoms in total. The summed E-state index contributed by atoms with van der Waals surface area (Å²) in [7, 11) is 0. The van der Waals surface area contributed by atoms with E-state index in [0.717, 1.165) is 12.8 Å². The molecule has 1 aliphatic carbocycles. The van der Waals surface area contributed by atoms with E-state index in [1.165, 1.54) is 16.9 Å². The Balaban J connectivity index is 1.89. The summed E-state index contributed by atoms with van der Waals surface area (Å²) in [6, 6.07) is 4.49. The monoisotopic (exact) mass is 256 g/mol. The molecule has 0 spiro atoms. The van der Waals surface area contributed by atoms with Gasteiger partial charge in [0.05, 0.1) is 6.04 Å². The number of aryl methyl sites for hydroxylation is 1. The molecule has 5 heteroatoms. The molecule has 1 aliphatic rings. The summed E-state index contributed by atoms with van der Waals surface area (Å²) < 4.78 is 0. The molecule has 0 amide bonds. The number of rotatable bonds is 2. The van der Waals surface area contributed by atoms with Crippen molar-refractivity contribution in [3.05, 3.63) is 40.0 Å². The van der Waals surface area contributed by atoms with Crippen LogP contribution in [0.25, 0.3) is 0 Å². The fourth-order valence-electron chi connectivity index (χ4n) is 2.33. The molecular weight excluding hydrogens is 244 g/mol. The Morgan fingerprint density at radius 2 is 2.28 bits per heavy atom. The minimum atomic E-state index is 0.254. The predicted molar refractivity (Wildman–Crippen MR) is 70.4 cm³/mol. The van der Waals surface area contributed by atoms with Crippen LogP contribution in [0.2, 0.25) is 0 Å². The molecule has 2 heterocycles. The van der Waals surface area contributed by atoms with E-state index in [2.05, 4.69) is 32.8 Å². The van der Waals surface area contributed by atoms with Gasteiger partial charge in [0.15, 0.2) is 11.5 Å². The van der Waals surface area contributed by atoms with Crippen LogP contribution in [0.5, 0.6) is 0 Å². The van der Waals surface area contributed by atoms with Crippen LogP contribution in [0.3, 0.4) is 0 Å². The summed E-state index contributed by atoms with van der Waals surface area (Å²) >= 11 is 1.81. The Morgan fingerprint density at radius 3 is 3.17 bits per heavy atom. The van der Waals surface area contributed by atoms with E-state index < -0.39 is 0 Å². The van der Waals surface area contributed by atoms with Gasteiger partial charge in [-0.2, -0.15) is 5.26 Å². The fraction of sp³-hybridized carbons (Fsp3) is 0.308. The van der Waals surface area contributed by atoms with Gasteiger partial charge in [-0.3, -0.25) is 0 Å². The molecule has 0 fully saturated rings. The summed E-state index contributed by atoms with van der Waals surface area (Å²) in [5.74, 6) is 0.587. The molecule has 1 N–H and O–H groups in total. The minimum Gasteiger partial charge on any atom is -0.361 e. The zero-order valence-electron chi connectivity index (χ0n) is 9.76. The quantitative estimate of drug-likeness (QED) is 0.897. The molecule has 1 atom stereocenters. The van der Waals surface area contributed by atoms with Gasteiger partial charge in [-0.1, -0.05) is 0 Å². The van der Waals surface area contributed by atoms with Crippen LogP contribution in [0, 0.1) is 11.3 Å². The third-order valence-corrected chi connectivity index (χ3v) is 4.16. The van der Waals surface area contributed by atoms with E-state index in [-0.39, 0.29) is 6.04 Å². The fourth-order valence-corrected chi connectivity index (χ4v) is 3.31. The minimum absolute atomic E-state index is 0.254. The lowest BCUT2D eigenvalue weighted by Gasteiger charge is -2.24. The normalized spacial score (nSPS) is 17.8. The number of nitrogens with one attached hydrogen (secondary N) is 1. The molecule has 2 aromatic rings. The van der Waals surface area contributed by atoms with Crippen LogP contribution >= 0.6 is 11.3 Å². The van der Waals surface area contributed by atoms with Gasteiger partial charge in [-0.15, -0.1) is 11.3 Å². The summed E-state index contributed by atoms with van der Waals surface area (Å²) in [5, 5.41) is 14.5. The molecular formula is C13H12N4S. The van der Waals surface area contributed by atoms with Crippen LogP contribution in [-0.2, 0) is 6.42 Å². The highest BCUT2D eigenvalue weighted by atomic mass is 32.1. The summed E-state index contributed by atoms with van der Waals surface area (Å²) in [6.07, 6.45) is 6.57. The molecule has 0 aliphatic heterocycles. The number of hydrogen-bond acceptors (Lipinski definition) is 5. The number of thiophene rings is 1. The highest BCUT2D eigenvalue weighted by Crippen LogP contribution is 2.35. The average Bonchev–Trinajstić information content (AvgIpc) is 2.89. The zero-order chi connectivity index (χ0) is 12.4. The van der Waals surface area contributed by atoms with E-state index >= 15 is 0 Å². The van der Waals surface area contributed by atoms with Gasteiger partial charge in [-0.05, 0) is 36.3 Å². The smallest absolute Gasteiger partial charge is 0.182 e. The number of fused-ring (bicyclic) bond motifs is 1. The van der Waals surface area contributed by atoms with E-state index in [0.29, 0.717) is 11.5 Å². The molecule has 90 valence electrons. The topological polar surface area (TPSA) is 61.6 Å². The van der Waals surface area contributed by atoms with Crippen molar-refractivity contribution in [3.8, 4) is 6.07 Å². The van der Waals surface area contributed by atoms with Crippen molar-refractivity contribution in [1.82, 2.24) is 9.97 Å². The molecule has 0 radical (unpaired) electrons. The molecule has 0 bridgehead atoms. The Hall–Kier alpha value is -1.93. The molecule has 1 unspecified atom stereocenters. The first-order chi connectivity index (χ1) is 8.88. The highest BCUT2D eigenvalue weighted by molar-refractivity contribution is 7.10. The van der Waals surface area contributed by atoms with Crippen molar-refractivity contribution in [2.45, 2.75) is 25.3 Å². The van der Waals surface area contributed by atoms with Gasteiger partial charge >= 0.3 is 0 Å². The Morgan fingerprint density at radius 1 is 1.39 bits per heavy atom. The number of hydrogen-bond donors (Lipinski definition) is 1. The molecule has 0 saturated heterocycles.